The van der Waals surface area contributed by atoms with E-state index in [-0.39, 0.29) is 0 Å². The Morgan fingerprint density at radius 3 is 2.88 bits per heavy atom. The Bertz CT molecular complexity index is 393. The standard InChI is InChI=1S/C14H23N3/c1-5-6-7-8-17-11-14(13(4)16-17)10-15-9-12(2)3/h11-12,15H,7-10H2,1-4H3. The van der Waals surface area contributed by atoms with Gasteiger partial charge >= 0.3 is 0 Å². The lowest BCUT2D eigenvalue weighted by Gasteiger charge is -2.05. The minimum Gasteiger partial charge on any atom is -0.312 e. The molecule has 0 atom stereocenters. The summed E-state index contributed by atoms with van der Waals surface area (Å²) in [6.45, 7) is 11.2. The van der Waals surface area contributed by atoms with Gasteiger partial charge in [-0.1, -0.05) is 13.8 Å². The second kappa shape index (κ2) is 7.13. The summed E-state index contributed by atoms with van der Waals surface area (Å²) in [5.74, 6) is 6.65. The van der Waals surface area contributed by atoms with Crippen molar-refractivity contribution in [3.8, 4) is 11.8 Å². The highest BCUT2D eigenvalue weighted by Gasteiger charge is 2.04. The molecule has 3 nitrogen and oxygen atoms in total. The molecule has 1 heterocycles. The van der Waals surface area contributed by atoms with E-state index >= 15 is 0 Å². The molecule has 1 rings (SSSR count). The average molecular weight is 233 g/mol. The Morgan fingerprint density at radius 2 is 2.24 bits per heavy atom. The Morgan fingerprint density at radius 1 is 1.47 bits per heavy atom. The van der Waals surface area contributed by atoms with Crippen molar-refractivity contribution in [2.75, 3.05) is 6.54 Å². The van der Waals surface area contributed by atoms with Crippen molar-refractivity contribution >= 4 is 0 Å². The molecule has 3 heteroatoms. The predicted octanol–water partition coefficient (Wildman–Crippen LogP) is 2.35. The molecule has 0 spiro atoms. The first-order valence-corrected chi connectivity index (χ1v) is 6.26. The van der Waals surface area contributed by atoms with Crippen LogP contribution in [0.1, 0.15) is 38.4 Å². The van der Waals surface area contributed by atoms with E-state index in [4.69, 9.17) is 0 Å². The van der Waals surface area contributed by atoms with Gasteiger partial charge in [0.05, 0.1) is 12.2 Å². The Kier molecular flexibility index (Phi) is 5.79. The van der Waals surface area contributed by atoms with Crippen LogP contribution in [0.4, 0.5) is 0 Å². The molecule has 1 aromatic heterocycles. The van der Waals surface area contributed by atoms with Crippen LogP contribution >= 0.6 is 0 Å². The first-order chi connectivity index (χ1) is 8.13. The zero-order chi connectivity index (χ0) is 12.7. The molecule has 0 amide bonds. The molecule has 0 aliphatic rings. The molecular formula is C14H23N3. The first-order valence-electron chi connectivity index (χ1n) is 6.26. The number of nitrogens with zero attached hydrogens (tertiary/aromatic N) is 2. The summed E-state index contributed by atoms with van der Waals surface area (Å²) in [5, 5.41) is 7.93. The number of nitrogens with one attached hydrogen (secondary N) is 1. The Balaban J connectivity index is 2.46. The molecule has 0 aromatic carbocycles. The maximum absolute atomic E-state index is 4.49. The molecule has 0 unspecified atom stereocenters. The van der Waals surface area contributed by atoms with Gasteiger partial charge in [-0.3, -0.25) is 4.68 Å². The third-order valence-corrected chi connectivity index (χ3v) is 2.56. The SMILES string of the molecule is CC#CCCn1cc(CNCC(C)C)c(C)n1. The fourth-order valence-electron chi connectivity index (χ4n) is 1.64. The highest BCUT2D eigenvalue weighted by molar-refractivity contribution is 5.15. The monoisotopic (exact) mass is 233 g/mol. The number of rotatable bonds is 6. The fourth-order valence-corrected chi connectivity index (χ4v) is 1.64. The van der Waals surface area contributed by atoms with Crippen LogP contribution in [0.3, 0.4) is 0 Å². The average Bonchev–Trinajstić information content (AvgIpc) is 2.60. The molecule has 0 aliphatic carbocycles. The van der Waals surface area contributed by atoms with Crippen molar-refractivity contribution in [2.45, 2.75) is 47.2 Å². The number of aromatic nitrogens is 2. The van der Waals surface area contributed by atoms with Gasteiger partial charge in [-0.05, 0) is 26.3 Å². The van der Waals surface area contributed by atoms with Gasteiger partial charge in [0, 0.05) is 24.7 Å². The lowest BCUT2D eigenvalue weighted by Crippen LogP contribution is -2.19. The number of hydrogen-bond donors (Lipinski definition) is 1. The zero-order valence-electron chi connectivity index (χ0n) is 11.4. The molecule has 0 saturated heterocycles. The van der Waals surface area contributed by atoms with Gasteiger partial charge in [0.2, 0.25) is 0 Å². The molecule has 1 aromatic rings. The van der Waals surface area contributed by atoms with Crippen molar-refractivity contribution in [2.24, 2.45) is 5.92 Å². The van der Waals surface area contributed by atoms with Crippen LogP contribution in [0.5, 0.6) is 0 Å². The van der Waals surface area contributed by atoms with Gasteiger partial charge < -0.3 is 5.32 Å². The third-order valence-electron chi connectivity index (χ3n) is 2.56. The van der Waals surface area contributed by atoms with Gasteiger partial charge in [0.1, 0.15) is 0 Å². The molecule has 94 valence electrons. The highest BCUT2D eigenvalue weighted by atomic mass is 15.3. The van der Waals surface area contributed by atoms with E-state index in [1.807, 2.05) is 11.6 Å². The summed E-state index contributed by atoms with van der Waals surface area (Å²) >= 11 is 0. The summed E-state index contributed by atoms with van der Waals surface area (Å²) in [6.07, 6.45) is 3.00. The van der Waals surface area contributed by atoms with E-state index < -0.39 is 0 Å². The van der Waals surface area contributed by atoms with Crippen molar-refractivity contribution < 1.29 is 0 Å². The highest BCUT2D eigenvalue weighted by Crippen LogP contribution is 2.06. The maximum atomic E-state index is 4.49. The molecule has 17 heavy (non-hydrogen) atoms. The van der Waals surface area contributed by atoms with E-state index in [9.17, 15) is 0 Å². The van der Waals surface area contributed by atoms with Crippen molar-refractivity contribution in [1.29, 1.82) is 0 Å². The van der Waals surface area contributed by atoms with E-state index in [1.54, 1.807) is 0 Å². The van der Waals surface area contributed by atoms with Crippen LogP contribution in [-0.2, 0) is 13.1 Å². The molecule has 0 fully saturated rings. The third kappa shape index (κ3) is 5.06. The minimum absolute atomic E-state index is 0.685. The van der Waals surface area contributed by atoms with Crippen LogP contribution in [0, 0.1) is 24.7 Å². The second-order valence-electron chi connectivity index (χ2n) is 4.70. The summed E-state index contributed by atoms with van der Waals surface area (Å²) in [6, 6.07) is 0. The van der Waals surface area contributed by atoms with Crippen LogP contribution < -0.4 is 5.32 Å². The topological polar surface area (TPSA) is 29.9 Å². The van der Waals surface area contributed by atoms with Crippen molar-refractivity contribution in [1.82, 2.24) is 15.1 Å². The lowest BCUT2D eigenvalue weighted by molar-refractivity contribution is 0.551. The Labute approximate surface area is 105 Å². The van der Waals surface area contributed by atoms with Crippen LogP contribution in [0.15, 0.2) is 6.20 Å². The van der Waals surface area contributed by atoms with E-state index in [2.05, 4.69) is 49.2 Å². The van der Waals surface area contributed by atoms with Crippen molar-refractivity contribution in [3.05, 3.63) is 17.5 Å². The lowest BCUT2D eigenvalue weighted by atomic mass is 10.2. The molecule has 0 radical (unpaired) electrons. The van der Waals surface area contributed by atoms with Crippen LogP contribution in [-0.4, -0.2) is 16.3 Å². The summed E-state index contributed by atoms with van der Waals surface area (Å²) in [7, 11) is 0. The van der Waals surface area contributed by atoms with Gasteiger partial charge in [0.25, 0.3) is 0 Å². The van der Waals surface area contributed by atoms with Gasteiger partial charge in [-0.2, -0.15) is 5.10 Å². The summed E-state index contributed by atoms with van der Waals surface area (Å²) in [5.41, 5.74) is 2.40. The normalized spacial score (nSPS) is 10.4. The first kappa shape index (κ1) is 13.8. The molecule has 1 N–H and O–H groups in total. The molecule has 0 bridgehead atoms. The van der Waals surface area contributed by atoms with Gasteiger partial charge in [-0.25, -0.2) is 0 Å². The molecule has 0 aliphatic heterocycles. The fraction of sp³-hybridized carbons (Fsp3) is 0.643. The van der Waals surface area contributed by atoms with E-state index in [0.29, 0.717) is 5.92 Å². The van der Waals surface area contributed by atoms with E-state index in [1.165, 1.54) is 5.56 Å². The smallest absolute Gasteiger partial charge is 0.0638 e. The summed E-state index contributed by atoms with van der Waals surface area (Å²) < 4.78 is 1.99. The van der Waals surface area contributed by atoms with Crippen LogP contribution in [0.2, 0.25) is 0 Å². The second-order valence-corrected chi connectivity index (χ2v) is 4.70. The largest absolute Gasteiger partial charge is 0.312 e. The van der Waals surface area contributed by atoms with Crippen LogP contribution in [0.25, 0.3) is 0 Å². The molecular weight excluding hydrogens is 210 g/mol. The van der Waals surface area contributed by atoms with Gasteiger partial charge in [0.15, 0.2) is 0 Å². The van der Waals surface area contributed by atoms with Crippen molar-refractivity contribution in [3.63, 3.8) is 0 Å². The number of aryl methyl sites for hydroxylation is 2. The van der Waals surface area contributed by atoms with E-state index in [0.717, 1.165) is 31.7 Å². The zero-order valence-corrected chi connectivity index (χ0v) is 11.4. The minimum atomic E-state index is 0.685. The number of hydrogen-bond acceptors (Lipinski definition) is 2. The predicted molar refractivity (Wildman–Crippen MR) is 71.6 cm³/mol. The molecule has 0 saturated carbocycles. The maximum Gasteiger partial charge on any atom is 0.0638 e. The Hall–Kier alpha value is -1.27. The summed E-state index contributed by atoms with van der Waals surface area (Å²) in [4.78, 5) is 0. The quantitative estimate of drug-likeness (QED) is 0.764. The van der Waals surface area contributed by atoms with Gasteiger partial charge in [-0.15, -0.1) is 11.8 Å².